The zero-order chi connectivity index (χ0) is 11.7. The lowest BCUT2D eigenvalue weighted by molar-refractivity contribution is -0.121. The van der Waals surface area contributed by atoms with E-state index in [0.717, 1.165) is 4.47 Å². The van der Waals surface area contributed by atoms with Crippen LogP contribution < -0.4 is 4.90 Å². The van der Waals surface area contributed by atoms with Crippen molar-refractivity contribution in [1.29, 1.82) is 0 Å². The fraction of sp³-hybridized carbons (Fsp3) is 0.182. The third-order valence-corrected chi connectivity index (χ3v) is 2.88. The molecule has 0 bridgehead atoms. The maximum Gasteiger partial charge on any atom is 0.234 e. The van der Waals surface area contributed by atoms with E-state index in [2.05, 4.69) is 15.9 Å². The third-order valence-electron chi connectivity index (χ3n) is 2.39. The van der Waals surface area contributed by atoms with Crippen LogP contribution in [0.2, 0.25) is 0 Å². The lowest BCUT2D eigenvalue weighted by Gasteiger charge is -2.16. The molecule has 0 N–H and O–H groups in total. The summed E-state index contributed by atoms with van der Waals surface area (Å²) in [5.74, 6) is -0.375. The van der Waals surface area contributed by atoms with Crippen molar-refractivity contribution in [3.8, 4) is 0 Å². The van der Waals surface area contributed by atoms with Crippen molar-refractivity contribution in [3.63, 3.8) is 0 Å². The maximum atomic E-state index is 11.5. The molecule has 0 atom stereocenters. The molecular formula is C11H8BrNO3. The normalized spacial score (nSPS) is 15.7. The van der Waals surface area contributed by atoms with Gasteiger partial charge in [0.05, 0.1) is 18.7 Å². The van der Waals surface area contributed by atoms with Crippen LogP contribution in [0.4, 0.5) is 5.69 Å². The molecule has 4 nitrogen and oxygen atoms in total. The van der Waals surface area contributed by atoms with E-state index in [1.54, 1.807) is 18.2 Å². The fourth-order valence-electron chi connectivity index (χ4n) is 1.67. The van der Waals surface area contributed by atoms with E-state index in [4.69, 9.17) is 0 Å². The van der Waals surface area contributed by atoms with E-state index in [0.29, 0.717) is 17.5 Å². The molecule has 82 valence electrons. The minimum atomic E-state index is -0.254. The van der Waals surface area contributed by atoms with Crippen LogP contribution >= 0.6 is 15.9 Å². The third kappa shape index (κ3) is 1.90. The summed E-state index contributed by atoms with van der Waals surface area (Å²) in [7, 11) is 0. The first-order chi connectivity index (χ1) is 7.61. The van der Waals surface area contributed by atoms with Gasteiger partial charge in [-0.2, -0.15) is 0 Å². The summed E-state index contributed by atoms with van der Waals surface area (Å²) in [5, 5.41) is 0. The van der Waals surface area contributed by atoms with Crippen molar-refractivity contribution in [2.75, 3.05) is 11.4 Å². The monoisotopic (exact) mass is 281 g/mol. The zero-order valence-electron chi connectivity index (χ0n) is 8.27. The number of benzene rings is 1. The zero-order valence-corrected chi connectivity index (χ0v) is 9.86. The van der Waals surface area contributed by atoms with Crippen LogP contribution in [0.25, 0.3) is 0 Å². The lowest BCUT2D eigenvalue weighted by Crippen LogP contribution is -2.25. The predicted octanol–water partition coefficient (Wildman–Crippen LogP) is 1.57. The van der Waals surface area contributed by atoms with Crippen molar-refractivity contribution in [2.45, 2.75) is 6.42 Å². The van der Waals surface area contributed by atoms with Gasteiger partial charge in [0.25, 0.3) is 0 Å². The molecule has 0 spiro atoms. The van der Waals surface area contributed by atoms with E-state index in [1.807, 2.05) is 0 Å². The first kappa shape index (κ1) is 11.0. The minimum Gasteiger partial charge on any atom is -0.304 e. The van der Waals surface area contributed by atoms with E-state index in [1.165, 1.54) is 4.90 Å². The Morgan fingerprint density at radius 3 is 2.62 bits per heavy atom. The molecule has 1 aromatic rings. The van der Waals surface area contributed by atoms with Gasteiger partial charge in [0.15, 0.2) is 12.1 Å². The summed E-state index contributed by atoms with van der Waals surface area (Å²) in [6.07, 6.45) is 0.602. The summed E-state index contributed by atoms with van der Waals surface area (Å²) in [6, 6.07) is 5.02. The smallest absolute Gasteiger partial charge is 0.234 e. The van der Waals surface area contributed by atoms with Crippen molar-refractivity contribution in [2.24, 2.45) is 0 Å². The predicted molar refractivity (Wildman–Crippen MR) is 61.5 cm³/mol. The van der Waals surface area contributed by atoms with Crippen LogP contribution in [0.15, 0.2) is 22.7 Å². The summed E-state index contributed by atoms with van der Waals surface area (Å²) in [6.45, 7) is 0.0569. The Kier molecular flexibility index (Phi) is 2.87. The summed E-state index contributed by atoms with van der Waals surface area (Å²) in [4.78, 5) is 34.9. The van der Waals surface area contributed by atoms with Gasteiger partial charge in [-0.05, 0) is 18.2 Å². The number of hydrogen-bond acceptors (Lipinski definition) is 3. The molecule has 2 rings (SSSR count). The number of halogens is 1. The van der Waals surface area contributed by atoms with E-state index in [-0.39, 0.29) is 24.7 Å². The molecule has 0 aliphatic carbocycles. The quantitative estimate of drug-likeness (QED) is 0.611. The second kappa shape index (κ2) is 4.17. The molecule has 1 aliphatic rings. The molecule has 1 fully saturated rings. The van der Waals surface area contributed by atoms with Gasteiger partial charge in [0.1, 0.15) is 0 Å². The molecule has 1 saturated heterocycles. The van der Waals surface area contributed by atoms with Gasteiger partial charge >= 0.3 is 0 Å². The highest BCUT2D eigenvalue weighted by molar-refractivity contribution is 9.10. The van der Waals surface area contributed by atoms with Gasteiger partial charge in [-0.1, -0.05) is 15.9 Å². The van der Waals surface area contributed by atoms with Crippen LogP contribution in [0.3, 0.4) is 0 Å². The van der Waals surface area contributed by atoms with Crippen molar-refractivity contribution in [1.82, 2.24) is 0 Å². The highest BCUT2D eigenvalue weighted by Gasteiger charge is 2.29. The Balaban J connectivity index is 2.44. The number of ketones is 1. The molecule has 1 heterocycles. The van der Waals surface area contributed by atoms with Gasteiger partial charge in [-0.3, -0.25) is 14.4 Å². The van der Waals surface area contributed by atoms with Gasteiger partial charge in [0.2, 0.25) is 5.91 Å². The van der Waals surface area contributed by atoms with Gasteiger partial charge in [-0.25, -0.2) is 0 Å². The Hall–Kier alpha value is -1.49. The van der Waals surface area contributed by atoms with Crippen molar-refractivity contribution >= 4 is 39.6 Å². The number of amides is 1. The molecule has 1 aromatic carbocycles. The number of rotatable bonds is 2. The second-order valence-electron chi connectivity index (χ2n) is 3.52. The average Bonchev–Trinajstić information content (AvgIpc) is 2.57. The largest absolute Gasteiger partial charge is 0.304 e. The minimum absolute atomic E-state index is 0.0569. The van der Waals surface area contributed by atoms with E-state index in [9.17, 15) is 14.4 Å². The second-order valence-corrected chi connectivity index (χ2v) is 4.43. The Labute approximate surface area is 100 Å². The standard InChI is InChI=1S/C11H8BrNO3/c12-8-1-2-10(7(3-8)6-14)13-5-9(15)4-11(13)16/h1-3,6H,4-5H2. The lowest BCUT2D eigenvalue weighted by atomic mass is 10.2. The molecule has 0 unspecified atom stereocenters. The molecule has 16 heavy (non-hydrogen) atoms. The number of aldehydes is 1. The molecular weight excluding hydrogens is 274 g/mol. The van der Waals surface area contributed by atoms with Crippen molar-refractivity contribution in [3.05, 3.63) is 28.2 Å². The SMILES string of the molecule is O=Cc1cc(Br)ccc1N1CC(=O)CC1=O. The first-order valence-electron chi connectivity index (χ1n) is 4.68. The topological polar surface area (TPSA) is 54.5 Å². The number of anilines is 1. The summed E-state index contributed by atoms with van der Waals surface area (Å²) in [5.41, 5.74) is 0.895. The highest BCUT2D eigenvalue weighted by Crippen LogP contribution is 2.26. The van der Waals surface area contributed by atoms with Gasteiger partial charge in [-0.15, -0.1) is 0 Å². The Bertz CT molecular complexity index is 484. The molecule has 0 aromatic heterocycles. The van der Waals surface area contributed by atoms with Crippen LogP contribution in [0.5, 0.6) is 0 Å². The molecule has 5 heteroatoms. The maximum absolute atomic E-state index is 11.5. The van der Waals surface area contributed by atoms with Gasteiger partial charge < -0.3 is 4.90 Å². The van der Waals surface area contributed by atoms with Crippen molar-refractivity contribution < 1.29 is 14.4 Å². The fourth-order valence-corrected chi connectivity index (χ4v) is 2.05. The average molecular weight is 282 g/mol. The molecule has 0 radical (unpaired) electrons. The van der Waals surface area contributed by atoms with Crippen LogP contribution in [0.1, 0.15) is 16.8 Å². The number of nitrogens with zero attached hydrogens (tertiary/aromatic N) is 1. The molecule has 1 aliphatic heterocycles. The van der Waals surface area contributed by atoms with E-state index < -0.39 is 0 Å². The number of Topliss-reactive ketones (excluding diaryl/α,β-unsaturated/α-hetero) is 1. The Morgan fingerprint density at radius 2 is 2.06 bits per heavy atom. The van der Waals surface area contributed by atoms with Gasteiger partial charge in [0, 0.05) is 10.0 Å². The number of carbonyl (C=O) groups is 3. The van der Waals surface area contributed by atoms with Crippen LogP contribution in [-0.4, -0.2) is 24.5 Å². The molecule has 1 amide bonds. The van der Waals surface area contributed by atoms with Crippen LogP contribution in [0, 0.1) is 0 Å². The highest BCUT2D eigenvalue weighted by atomic mass is 79.9. The van der Waals surface area contributed by atoms with Crippen LogP contribution in [-0.2, 0) is 9.59 Å². The first-order valence-corrected chi connectivity index (χ1v) is 5.48. The number of hydrogen-bond donors (Lipinski definition) is 0. The summed E-state index contributed by atoms with van der Waals surface area (Å²) >= 11 is 3.24. The van der Waals surface area contributed by atoms with E-state index >= 15 is 0 Å². The Morgan fingerprint density at radius 1 is 1.31 bits per heavy atom. The number of carbonyl (C=O) groups excluding carboxylic acids is 3. The summed E-state index contributed by atoms with van der Waals surface area (Å²) < 4.78 is 0.760. The molecule has 0 saturated carbocycles.